The number of fused-ring (bicyclic) bond motifs is 3. The van der Waals surface area contributed by atoms with Gasteiger partial charge in [0, 0.05) is 33.8 Å². The van der Waals surface area contributed by atoms with Gasteiger partial charge in [0.25, 0.3) is 11.2 Å². The first-order valence-electron chi connectivity index (χ1n) is 16.3. The van der Waals surface area contributed by atoms with Crippen molar-refractivity contribution in [3.8, 4) is 28.2 Å². The van der Waals surface area contributed by atoms with Crippen molar-refractivity contribution in [2.75, 3.05) is 0 Å². The summed E-state index contributed by atoms with van der Waals surface area (Å²) in [5.41, 5.74) is 9.91. The van der Waals surface area contributed by atoms with Gasteiger partial charge in [0.05, 0.1) is 32.6 Å². The zero-order chi connectivity index (χ0) is 33.8. The minimum absolute atomic E-state index is 0.0235. The molecule has 0 radical (unpaired) electrons. The number of hydrogen-bond acceptors (Lipinski definition) is 6. The highest BCUT2D eigenvalue weighted by molar-refractivity contribution is 7.10. The van der Waals surface area contributed by atoms with Crippen LogP contribution in [-0.2, 0) is 6.42 Å². The predicted octanol–water partition coefficient (Wildman–Crippen LogP) is 8.41. The van der Waals surface area contributed by atoms with Gasteiger partial charge in [-0.25, -0.2) is 4.99 Å². The van der Waals surface area contributed by atoms with Gasteiger partial charge in [-0.3, -0.25) is 19.5 Å². The van der Waals surface area contributed by atoms with Crippen LogP contribution in [0.3, 0.4) is 0 Å². The highest BCUT2D eigenvalue weighted by Gasteiger charge is 2.33. The molecule has 0 N–H and O–H groups in total. The van der Waals surface area contributed by atoms with Crippen LogP contribution in [0.25, 0.3) is 40.0 Å². The van der Waals surface area contributed by atoms with Crippen molar-refractivity contribution in [1.29, 1.82) is 0 Å². The lowest BCUT2D eigenvalue weighted by Gasteiger charge is -2.30. The van der Waals surface area contributed by atoms with Crippen LogP contribution in [0.4, 0.5) is 5.69 Å². The lowest BCUT2D eigenvalue weighted by Crippen LogP contribution is -2.38. The van der Waals surface area contributed by atoms with E-state index in [1.165, 1.54) is 34.6 Å². The molecule has 0 saturated heterocycles. The monoisotopic (exact) mass is 688 g/mol. The highest BCUT2D eigenvalue weighted by atomic mass is 32.1. The van der Waals surface area contributed by atoms with Crippen molar-refractivity contribution in [2.45, 2.75) is 18.9 Å². The maximum atomic E-state index is 14.6. The molecule has 9 rings (SSSR count). The van der Waals surface area contributed by atoms with Crippen molar-refractivity contribution in [3.63, 3.8) is 0 Å². The molecule has 0 fully saturated rings. The molecule has 1 aliphatic heterocycles. The van der Waals surface area contributed by atoms with Gasteiger partial charge in [0.2, 0.25) is 0 Å². The van der Waals surface area contributed by atoms with Crippen LogP contribution in [0.15, 0.2) is 148 Å². The van der Waals surface area contributed by atoms with Gasteiger partial charge in [0.1, 0.15) is 0 Å². The molecular weight excluding hydrogens is 661 g/mol. The van der Waals surface area contributed by atoms with E-state index in [9.17, 15) is 14.9 Å². The third kappa shape index (κ3) is 5.01. The number of nitro benzene ring substituents is 1. The molecule has 0 bridgehead atoms. The molecule has 7 aromatic rings. The molecule has 0 saturated carbocycles. The van der Waals surface area contributed by atoms with E-state index in [1.54, 1.807) is 23.5 Å². The third-order valence-corrected chi connectivity index (χ3v) is 11.3. The van der Waals surface area contributed by atoms with E-state index >= 15 is 0 Å². The molecule has 0 amide bonds. The van der Waals surface area contributed by atoms with Crippen LogP contribution in [0.5, 0.6) is 0 Å². The van der Waals surface area contributed by atoms with Crippen LogP contribution >= 0.6 is 22.7 Å². The van der Waals surface area contributed by atoms with E-state index in [4.69, 9.17) is 4.99 Å². The quantitative estimate of drug-likeness (QED) is 0.130. The Hall–Kier alpha value is -5.90. The fourth-order valence-electron chi connectivity index (χ4n) is 7.20. The first-order valence-corrected chi connectivity index (χ1v) is 18.0. The summed E-state index contributed by atoms with van der Waals surface area (Å²) < 4.78 is 4.61. The highest BCUT2D eigenvalue weighted by Crippen LogP contribution is 2.42. The maximum absolute atomic E-state index is 14.6. The van der Waals surface area contributed by atoms with Gasteiger partial charge in [-0.1, -0.05) is 102 Å². The summed E-state index contributed by atoms with van der Waals surface area (Å²) in [6.07, 6.45) is 3.75. The molecule has 50 heavy (non-hydrogen) atoms. The summed E-state index contributed by atoms with van der Waals surface area (Å²) in [4.78, 5) is 32.8. The van der Waals surface area contributed by atoms with E-state index in [1.807, 2.05) is 77.4 Å². The number of benzene rings is 4. The van der Waals surface area contributed by atoms with Gasteiger partial charge < -0.3 is 4.57 Å². The van der Waals surface area contributed by atoms with Crippen molar-refractivity contribution in [2.24, 2.45) is 4.99 Å². The zero-order valence-electron chi connectivity index (χ0n) is 26.6. The lowest BCUT2D eigenvalue weighted by molar-refractivity contribution is -0.384. The molecule has 4 heterocycles. The van der Waals surface area contributed by atoms with Crippen molar-refractivity contribution < 1.29 is 4.92 Å². The summed E-state index contributed by atoms with van der Waals surface area (Å²) in [5, 5.41) is 13.6. The first-order chi connectivity index (χ1) is 24.5. The van der Waals surface area contributed by atoms with Crippen LogP contribution in [0, 0.1) is 10.1 Å². The molecule has 1 atom stereocenters. The molecule has 0 unspecified atom stereocenters. The largest absolute Gasteiger partial charge is 0.309 e. The number of thiophene rings is 1. The summed E-state index contributed by atoms with van der Waals surface area (Å²) in [7, 11) is 0. The maximum Gasteiger partial charge on any atom is 0.271 e. The van der Waals surface area contributed by atoms with Gasteiger partial charge >= 0.3 is 0 Å². The van der Waals surface area contributed by atoms with Crippen LogP contribution < -0.4 is 14.9 Å². The molecule has 1 aliphatic carbocycles. The zero-order valence-corrected chi connectivity index (χ0v) is 28.2. The molecular formula is C41H28N4O3S2. The average Bonchev–Trinajstić information content (AvgIpc) is 3.90. The van der Waals surface area contributed by atoms with Gasteiger partial charge in [-0.2, -0.15) is 0 Å². The molecule has 9 heteroatoms. The second-order valence-electron chi connectivity index (χ2n) is 12.3. The fraction of sp³-hybridized carbons (Fsp3) is 0.0732. The average molecular weight is 689 g/mol. The molecule has 2 aliphatic rings. The Bertz CT molecular complexity index is 2630. The Kier molecular flexibility index (Phi) is 7.37. The summed E-state index contributed by atoms with van der Waals surface area (Å²) in [6.45, 7) is 0. The second-order valence-corrected chi connectivity index (χ2v) is 14.3. The van der Waals surface area contributed by atoms with E-state index in [2.05, 4.69) is 46.3 Å². The standard InChI is InChI=1S/C41H28N4O3S2/c46-40-36(50-41-42-37-32-15-8-7-10-26(32)17-22-33(37)39(44(40)41)35-16-9-23-49-35)25-29-24-34(27-11-3-1-4-12-27)43(38(29)28-13-5-2-6-14-28)30-18-20-31(21-19-30)45(47)48/h1-16,18-21,23-25,39H,17,22H2/b36-25+/t39-/m0/s1. The van der Waals surface area contributed by atoms with Crippen molar-refractivity contribution in [3.05, 3.63) is 190 Å². The number of nitro groups is 1. The van der Waals surface area contributed by atoms with E-state index in [0.717, 1.165) is 62.7 Å². The Balaban J connectivity index is 1.31. The lowest BCUT2D eigenvalue weighted by atomic mass is 9.85. The van der Waals surface area contributed by atoms with Crippen LogP contribution in [-0.4, -0.2) is 14.1 Å². The van der Waals surface area contributed by atoms with Crippen molar-refractivity contribution >= 4 is 40.1 Å². The Morgan fingerprint density at radius 3 is 2.26 bits per heavy atom. The number of hydrogen-bond donors (Lipinski definition) is 0. The van der Waals surface area contributed by atoms with E-state index in [-0.39, 0.29) is 22.2 Å². The van der Waals surface area contributed by atoms with Crippen LogP contribution in [0.2, 0.25) is 0 Å². The Morgan fingerprint density at radius 2 is 1.54 bits per heavy atom. The summed E-state index contributed by atoms with van der Waals surface area (Å²) in [6, 6.07) is 41.2. The summed E-state index contributed by atoms with van der Waals surface area (Å²) >= 11 is 3.09. The van der Waals surface area contributed by atoms with E-state index in [0.29, 0.717) is 9.33 Å². The normalized spacial score (nSPS) is 15.3. The third-order valence-electron chi connectivity index (χ3n) is 9.44. The summed E-state index contributed by atoms with van der Waals surface area (Å²) in [5.74, 6) is 0. The molecule has 242 valence electrons. The number of aromatic nitrogens is 2. The molecule has 7 nitrogen and oxygen atoms in total. The minimum atomic E-state index is -0.388. The fourth-order valence-corrected chi connectivity index (χ4v) is 9.04. The number of thiazole rings is 1. The second kappa shape index (κ2) is 12.2. The topological polar surface area (TPSA) is 82.4 Å². The van der Waals surface area contributed by atoms with Gasteiger partial charge in [0.15, 0.2) is 4.80 Å². The number of aryl methyl sites for hydroxylation is 1. The van der Waals surface area contributed by atoms with Gasteiger partial charge in [-0.15, -0.1) is 11.3 Å². The number of nitrogens with zero attached hydrogens (tertiary/aromatic N) is 4. The number of allylic oxidation sites excluding steroid dienone is 1. The predicted molar refractivity (Wildman–Crippen MR) is 200 cm³/mol. The SMILES string of the molecule is O=c1/c(=C\c2cc(-c3ccccc3)n(-c3ccc([N+](=O)[O-])cc3)c2-c2ccccc2)sc2n1[C@H](c1cccs1)C1=C(N=2)c2ccccc2CC1. The molecule has 0 spiro atoms. The minimum Gasteiger partial charge on any atom is -0.309 e. The smallest absolute Gasteiger partial charge is 0.271 e. The van der Waals surface area contributed by atoms with Gasteiger partial charge in [-0.05, 0) is 70.8 Å². The Labute approximate surface area is 294 Å². The molecule has 3 aromatic heterocycles. The number of non-ortho nitro benzene ring substituents is 1. The first kappa shape index (κ1) is 30.2. The number of rotatable bonds is 6. The Morgan fingerprint density at radius 1 is 0.820 bits per heavy atom. The van der Waals surface area contributed by atoms with E-state index < -0.39 is 0 Å². The van der Waals surface area contributed by atoms with Crippen molar-refractivity contribution in [1.82, 2.24) is 9.13 Å². The molecule has 4 aromatic carbocycles. The van der Waals surface area contributed by atoms with Crippen LogP contribution in [0.1, 0.15) is 34.0 Å².